The molecule has 1 amide bonds. The molecule has 6 heteroatoms. The average Bonchev–Trinajstić information content (AvgIpc) is 3.23. The fourth-order valence-electron chi connectivity index (χ4n) is 3.58. The highest BCUT2D eigenvalue weighted by Gasteiger charge is 2.53. The quantitative estimate of drug-likeness (QED) is 0.740. The van der Waals surface area contributed by atoms with E-state index < -0.39 is 17.1 Å². The Bertz CT molecular complexity index is 908. The number of hydrogen-bond acceptors (Lipinski definition) is 4. The lowest BCUT2D eigenvalue weighted by atomic mass is 9.88. The second-order valence-corrected chi connectivity index (χ2v) is 7.83. The van der Waals surface area contributed by atoms with Crippen LogP contribution in [0.5, 0.6) is 11.8 Å². The van der Waals surface area contributed by atoms with Crippen molar-refractivity contribution in [1.29, 1.82) is 0 Å². The molecule has 3 heterocycles. The number of para-hydroxylation sites is 1. The minimum atomic E-state index is -0.970. The summed E-state index contributed by atoms with van der Waals surface area (Å²) < 4.78 is 7.44. The maximum atomic E-state index is 12.3. The molecule has 2 unspecified atom stereocenters. The van der Waals surface area contributed by atoms with Crippen molar-refractivity contribution in [2.24, 2.45) is 5.41 Å². The number of nitrogens with zero attached hydrogens (tertiary/aromatic N) is 1. The van der Waals surface area contributed by atoms with Gasteiger partial charge in [0.2, 0.25) is 17.7 Å². The summed E-state index contributed by atoms with van der Waals surface area (Å²) in [6.07, 6.45) is 3.25. The predicted octanol–water partition coefficient (Wildman–Crippen LogP) is 2.89. The van der Waals surface area contributed by atoms with E-state index in [9.17, 15) is 15.0 Å². The SMILES string of the molecule is CC(C)(C)C(=O)NCC12C=CC(O1)c1c2c(O)n(-c2ccccc2)c1O. The lowest BCUT2D eigenvalue weighted by Gasteiger charge is -2.27. The number of rotatable bonds is 3. The van der Waals surface area contributed by atoms with Gasteiger partial charge in [0, 0.05) is 5.41 Å². The van der Waals surface area contributed by atoms with Gasteiger partial charge in [-0.15, -0.1) is 0 Å². The number of hydrogen-bond donors (Lipinski definition) is 3. The molecule has 26 heavy (non-hydrogen) atoms. The summed E-state index contributed by atoms with van der Waals surface area (Å²) in [7, 11) is 0. The van der Waals surface area contributed by atoms with E-state index in [0.29, 0.717) is 16.8 Å². The minimum absolute atomic E-state index is 0.0397. The number of carbonyl (C=O) groups excluding carboxylic acids is 1. The Labute approximate surface area is 151 Å². The van der Waals surface area contributed by atoms with E-state index in [-0.39, 0.29) is 24.2 Å². The number of aromatic nitrogens is 1. The first-order valence-electron chi connectivity index (χ1n) is 8.62. The van der Waals surface area contributed by atoms with Gasteiger partial charge in [-0.2, -0.15) is 0 Å². The molecule has 0 fully saturated rings. The van der Waals surface area contributed by atoms with E-state index in [0.717, 1.165) is 0 Å². The van der Waals surface area contributed by atoms with Crippen LogP contribution >= 0.6 is 0 Å². The van der Waals surface area contributed by atoms with Gasteiger partial charge in [-0.3, -0.25) is 9.36 Å². The molecule has 4 rings (SSSR count). The Hall–Kier alpha value is -2.73. The summed E-state index contributed by atoms with van der Waals surface area (Å²) >= 11 is 0. The summed E-state index contributed by atoms with van der Waals surface area (Å²) in [5.74, 6) is -0.213. The topological polar surface area (TPSA) is 83.7 Å². The zero-order valence-corrected chi connectivity index (χ0v) is 15.0. The summed E-state index contributed by atoms with van der Waals surface area (Å²) in [6, 6.07) is 9.15. The van der Waals surface area contributed by atoms with Crippen LogP contribution in [-0.4, -0.2) is 27.2 Å². The van der Waals surface area contributed by atoms with Crippen molar-refractivity contribution in [2.45, 2.75) is 32.5 Å². The second-order valence-electron chi connectivity index (χ2n) is 7.83. The number of ether oxygens (including phenoxy) is 1. The zero-order chi connectivity index (χ0) is 18.7. The standard InChI is InChI=1S/C20H22N2O4/c1-19(2,3)18(25)21-11-20-10-9-13(26-20)14-15(20)17(24)22(16(14)23)12-7-5-4-6-8-12/h4-10,13,23-24H,11H2,1-3H3,(H,21,25). The van der Waals surface area contributed by atoms with Crippen LogP contribution < -0.4 is 5.32 Å². The summed E-state index contributed by atoms with van der Waals surface area (Å²) in [6.45, 7) is 5.70. The Morgan fingerprint density at radius 3 is 2.58 bits per heavy atom. The highest BCUT2D eigenvalue weighted by Crippen LogP contribution is 2.58. The molecule has 0 saturated heterocycles. The molecule has 0 saturated carbocycles. The fraction of sp³-hybridized carbons (Fsp3) is 0.350. The minimum Gasteiger partial charge on any atom is -0.494 e. The Morgan fingerprint density at radius 1 is 1.23 bits per heavy atom. The van der Waals surface area contributed by atoms with Crippen LogP contribution in [0.25, 0.3) is 5.69 Å². The highest BCUT2D eigenvalue weighted by molar-refractivity contribution is 5.81. The average molecular weight is 354 g/mol. The molecule has 2 aliphatic rings. The molecule has 1 aromatic heterocycles. The monoisotopic (exact) mass is 354 g/mol. The number of aromatic hydroxyl groups is 2. The van der Waals surface area contributed by atoms with Gasteiger partial charge in [-0.1, -0.05) is 45.0 Å². The van der Waals surface area contributed by atoms with Crippen LogP contribution in [0.1, 0.15) is 38.0 Å². The van der Waals surface area contributed by atoms with Gasteiger partial charge >= 0.3 is 0 Å². The third kappa shape index (κ3) is 2.25. The highest BCUT2D eigenvalue weighted by atomic mass is 16.5. The van der Waals surface area contributed by atoms with Crippen LogP contribution in [0.4, 0.5) is 0 Å². The normalized spacial score (nSPS) is 23.3. The van der Waals surface area contributed by atoms with Crippen molar-refractivity contribution in [1.82, 2.24) is 9.88 Å². The van der Waals surface area contributed by atoms with E-state index in [1.54, 1.807) is 12.1 Å². The fourth-order valence-corrected chi connectivity index (χ4v) is 3.58. The molecule has 3 N–H and O–H groups in total. The third-order valence-electron chi connectivity index (χ3n) is 4.95. The van der Waals surface area contributed by atoms with Crippen LogP contribution in [0.3, 0.4) is 0 Å². The van der Waals surface area contributed by atoms with Gasteiger partial charge in [0.05, 0.1) is 23.4 Å². The van der Waals surface area contributed by atoms with E-state index in [1.807, 2.05) is 51.1 Å². The molecule has 0 radical (unpaired) electrons. The van der Waals surface area contributed by atoms with Crippen LogP contribution in [-0.2, 0) is 15.1 Å². The maximum Gasteiger partial charge on any atom is 0.225 e. The number of amides is 1. The Morgan fingerprint density at radius 2 is 1.92 bits per heavy atom. The van der Waals surface area contributed by atoms with Gasteiger partial charge in [0.1, 0.15) is 11.7 Å². The zero-order valence-electron chi connectivity index (χ0n) is 15.0. The summed E-state index contributed by atoms with van der Waals surface area (Å²) in [4.78, 5) is 12.3. The molecule has 0 spiro atoms. The van der Waals surface area contributed by atoms with Crippen molar-refractivity contribution >= 4 is 5.91 Å². The van der Waals surface area contributed by atoms with Gasteiger partial charge < -0.3 is 20.3 Å². The van der Waals surface area contributed by atoms with E-state index in [1.165, 1.54) is 4.57 Å². The predicted molar refractivity (Wildman–Crippen MR) is 96.2 cm³/mol. The van der Waals surface area contributed by atoms with Crippen molar-refractivity contribution in [3.8, 4) is 17.4 Å². The molecule has 2 aromatic rings. The van der Waals surface area contributed by atoms with Gasteiger partial charge in [0.15, 0.2) is 0 Å². The first-order chi connectivity index (χ1) is 12.2. The van der Waals surface area contributed by atoms with Crippen molar-refractivity contribution < 1.29 is 19.7 Å². The van der Waals surface area contributed by atoms with Crippen LogP contribution in [0, 0.1) is 5.41 Å². The maximum absolute atomic E-state index is 12.3. The Balaban J connectivity index is 1.75. The number of carbonyl (C=O) groups is 1. The number of benzene rings is 1. The van der Waals surface area contributed by atoms with E-state index >= 15 is 0 Å². The Kier molecular flexibility index (Phi) is 3.46. The molecule has 2 bridgehead atoms. The van der Waals surface area contributed by atoms with E-state index in [2.05, 4.69) is 5.32 Å². The molecular formula is C20H22N2O4. The van der Waals surface area contributed by atoms with Crippen molar-refractivity contribution in [2.75, 3.05) is 6.54 Å². The molecule has 0 aliphatic carbocycles. The summed E-state index contributed by atoms with van der Waals surface area (Å²) in [5, 5.41) is 24.5. The molecule has 2 aliphatic heterocycles. The lowest BCUT2D eigenvalue weighted by Crippen LogP contribution is -2.43. The van der Waals surface area contributed by atoms with Crippen molar-refractivity contribution in [3.63, 3.8) is 0 Å². The van der Waals surface area contributed by atoms with Crippen molar-refractivity contribution in [3.05, 3.63) is 53.6 Å². The molecular weight excluding hydrogens is 332 g/mol. The molecule has 6 nitrogen and oxygen atoms in total. The van der Waals surface area contributed by atoms with E-state index in [4.69, 9.17) is 4.74 Å². The second kappa shape index (κ2) is 5.38. The summed E-state index contributed by atoms with van der Waals surface area (Å²) in [5.41, 5.74) is 0.229. The van der Waals surface area contributed by atoms with Gasteiger partial charge in [-0.05, 0) is 18.2 Å². The first-order valence-corrected chi connectivity index (χ1v) is 8.62. The van der Waals surface area contributed by atoms with Gasteiger partial charge in [0.25, 0.3) is 0 Å². The smallest absolute Gasteiger partial charge is 0.225 e. The number of fused-ring (bicyclic) bond motifs is 5. The third-order valence-corrected chi connectivity index (χ3v) is 4.95. The molecule has 136 valence electrons. The first kappa shape index (κ1) is 16.7. The lowest BCUT2D eigenvalue weighted by molar-refractivity contribution is -0.129. The number of nitrogens with one attached hydrogen (secondary N) is 1. The van der Waals surface area contributed by atoms with Crippen LogP contribution in [0.2, 0.25) is 0 Å². The van der Waals surface area contributed by atoms with Crippen LogP contribution in [0.15, 0.2) is 42.5 Å². The van der Waals surface area contributed by atoms with Gasteiger partial charge in [-0.25, -0.2) is 0 Å². The largest absolute Gasteiger partial charge is 0.494 e. The molecule has 1 aromatic carbocycles. The molecule has 2 atom stereocenters.